The minimum absolute atomic E-state index is 0.301. The molecule has 1 amide bonds. The van der Waals surface area contributed by atoms with E-state index in [-0.39, 0.29) is 5.54 Å². The van der Waals surface area contributed by atoms with Crippen molar-refractivity contribution in [3.8, 4) is 0 Å². The highest BCUT2D eigenvalue weighted by Gasteiger charge is 2.46. The maximum absolute atomic E-state index is 12.7. The van der Waals surface area contributed by atoms with Crippen molar-refractivity contribution in [2.45, 2.75) is 62.9 Å². The number of rotatable bonds is 1. The fourth-order valence-electron chi connectivity index (χ4n) is 3.37. The second-order valence-corrected chi connectivity index (χ2v) is 6.97. The smallest absolute Gasteiger partial charge is 0.255 e. The number of hydrogen-bond acceptors (Lipinski definition) is 3. The molecule has 2 aliphatic heterocycles. The van der Waals surface area contributed by atoms with E-state index in [2.05, 4.69) is 4.99 Å². The normalized spacial score (nSPS) is 28.9. The molecule has 4 heteroatoms. The Kier molecular flexibility index (Phi) is 3.64. The van der Waals surface area contributed by atoms with Crippen LogP contribution in [0.2, 0.25) is 0 Å². The van der Waals surface area contributed by atoms with Crippen LogP contribution in [0.5, 0.6) is 0 Å². The summed E-state index contributed by atoms with van der Waals surface area (Å²) in [6.07, 6.45) is 11.3. The largest absolute Gasteiger partial charge is 0.298 e. The Morgan fingerprint density at radius 2 is 1.83 bits per heavy atom. The van der Waals surface area contributed by atoms with Crippen LogP contribution in [0.25, 0.3) is 0 Å². The van der Waals surface area contributed by atoms with E-state index in [0.29, 0.717) is 11.9 Å². The zero-order valence-electron chi connectivity index (χ0n) is 10.9. The highest BCUT2D eigenvalue weighted by atomic mass is 32.2. The average molecular weight is 266 g/mol. The number of carbonyl (C=O) groups excluding carboxylic acids is 1. The molecule has 3 aliphatic rings. The van der Waals surface area contributed by atoms with Gasteiger partial charge in [-0.3, -0.25) is 14.7 Å². The van der Waals surface area contributed by atoms with Crippen molar-refractivity contribution in [1.29, 1.82) is 0 Å². The molecule has 18 heavy (non-hydrogen) atoms. The standard InChI is InChI=1S/C14H22N2OS/c17-13-14(7-9-18-10-8-14)15-11-16(13)12-5-3-1-2-4-6-12/h11-12H,1-10H2. The van der Waals surface area contributed by atoms with Crippen LogP contribution in [0.15, 0.2) is 4.99 Å². The molecule has 0 radical (unpaired) electrons. The molecule has 0 unspecified atom stereocenters. The van der Waals surface area contributed by atoms with Crippen LogP contribution in [0.4, 0.5) is 0 Å². The van der Waals surface area contributed by atoms with Crippen molar-refractivity contribution in [2.24, 2.45) is 4.99 Å². The highest BCUT2D eigenvalue weighted by Crippen LogP contribution is 2.36. The van der Waals surface area contributed by atoms with Gasteiger partial charge in [0.25, 0.3) is 5.91 Å². The molecular formula is C14H22N2OS. The van der Waals surface area contributed by atoms with Gasteiger partial charge in [-0.1, -0.05) is 25.7 Å². The van der Waals surface area contributed by atoms with Gasteiger partial charge in [0.1, 0.15) is 5.54 Å². The first-order chi connectivity index (χ1) is 8.82. The maximum atomic E-state index is 12.7. The maximum Gasteiger partial charge on any atom is 0.255 e. The average Bonchev–Trinajstić information content (AvgIpc) is 2.63. The van der Waals surface area contributed by atoms with Gasteiger partial charge in [0.15, 0.2) is 0 Å². The van der Waals surface area contributed by atoms with Gasteiger partial charge in [-0.05, 0) is 37.2 Å². The fourth-order valence-corrected chi connectivity index (χ4v) is 4.54. The van der Waals surface area contributed by atoms with Crippen LogP contribution in [-0.4, -0.2) is 40.2 Å². The molecule has 1 spiro atoms. The van der Waals surface area contributed by atoms with E-state index in [9.17, 15) is 4.79 Å². The van der Waals surface area contributed by atoms with Gasteiger partial charge in [0.05, 0.1) is 6.34 Å². The number of aliphatic imine (C=N–C) groups is 1. The Hall–Kier alpha value is -0.510. The van der Waals surface area contributed by atoms with Crippen LogP contribution in [-0.2, 0) is 4.79 Å². The van der Waals surface area contributed by atoms with Gasteiger partial charge >= 0.3 is 0 Å². The van der Waals surface area contributed by atoms with Crippen molar-refractivity contribution in [1.82, 2.24) is 4.90 Å². The third kappa shape index (κ3) is 2.20. The zero-order chi connectivity index (χ0) is 12.4. The highest BCUT2D eigenvalue weighted by molar-refractivity contribution is 7.99. The molecule has 1 saturated carbocycles. The van der Waals surface area contributed by atoms with Crippen molar-refractivity contribution < 1.29 is 4.79 Å². The molecule has 2 heterocycles. The minimum atomic E-state index is -0.364. The quantitative estimate of drug-likeness (QED) is 0.684. The molecule has 0 atom stereocenters. The van der Waals surface area contributed by atoms with Crippen molar-refractivity contribution >= 4 is 24.0 Å². The molecule has 2 fully saturated rings. The summed E-state index contributed by atoms with van der Waals surface area (Å²) in [6.45, 7) is 0. The molecule has 0 N–H and O–H groups in total. The van der Waals surface area contributed by atoms with E-state index in [1.54, 1.807) is 0 Å². The van der Waals surface area contributed by atoms with E-state index in [1.807, 2.05) is 23.0 Å². The summed E-state index contributed by atoms with van der Waals surface area (Å²) in [4.78, 5) is 19.3. The molecule has 0 aromatic heterocycles. The van der Waals surface area contributed by atoms with Crippen molar-refractivity contribution in [3.63, 3.8) is 0 Å². The third-order valence-corrected chi connectivity index (χ3v) is 5.59. The van der Waals surface area contributed by atoms with Crippen LogP contribution in [0, 0.1) is 0 Å². The van der Waals surface area contributed by atoms with Gasteiger partial charge in [-0.15, -0.1) is 0 Å². The van der Waals surface area contributed by atoms with Crippen LogP contribution < -0.4 is 0 Å². The Morgan fingerprint density at radius 1 is 1.17 bits per heavy atom. The van der Waals surface area contributed by atoms with Crippen molar-refractivity contribution in [2.75, 3.05) is 11.5 Å². The lowest BCUT2D eigenvalue weighted by molar-refractivity contribution is -0.133. The predicted molar refractivity (Wildman–Crippen MR) is 76.1 cm³/mol. The molecule has 1 aliphatic carbocycles. The molecule has 0 aromatic rings. The SMILES string of the molecule is O=C1N(C2CCCCCC2)C=NC12CCSCC2. The van der Waals surface area contributed by atoms with Gasteiger partial charge in [0, 0.05) is 6.04 Å². The molecule has 0 aromatic carbocycles. The van der Waals surface area contributed by atoms with Gasteiger partial charge in [-0.2, -0.15) is 11.8 Å². The van der Waals surface area contributed by atoms with Gasteiger partial charge in [-0.25, -0.2) is 0 Å². The first-order valence-corrected chi connectivity index (χ1v) is 8.43. The van der Waals surface area contributed by atoms with Crippen LogP contribution >= 0.6 is 11.8 Å². The lowest BCUT2D eigenvalue weighted by Gasteiger charge is -2.32. The van der Waals surface area contributed by atoms with E-state index < -0.39 is 0 Å². The van der Waals surface area contributed by atoms with E-state index in [4.69, 9.17) is 0 Å². The second-order valence-electron chi connectivity index (χ2n) is 5.75. The Balaban J connectivity index is 1.71. The molecule has 0 bridgehead atoms. The number of thioether (sulfide) groups is 1. The van der Waals surface area contributed by atoms with Gasteiger partial charge in [0.2, 0.25) is 0 Å². The van der Waals surface area contributed by atoms with Crippen molar-refractivity contribution in [3.05, 3.63) is 0 Å². The third-order valence-electron chi connectivity index (χ3n) is 4.60. The monoisotopic (exact) mass is 266 g/mol. The molecule has 1 saturated heterocycles. The summed E-state index contributed by atoms with van der Waals surface area (Å²) in [5, 5.41) is 0. The summed E-state index contributed by atoms with van der Waals surface area (Å²) in [7, 11) is 0. The predicted octanol–water partition coefficient (Wildman–Crippen LogP) is 2.85. The van der Waals surface area contributed by atoms with Crippen LogP contribution in [0.3, 0.4) is 0 Å². The second kappa shape index (κ2) is 5.24. The number of nitrogens with zero attached hydrogens (tertiary/aromatic N) is 2. The Bertz CT molecular complexity index is 342. The minimum Gasteiger partial charge on any atom is -0.298 e. The van der Waals surface area contributed by atoms with Gasteiger partial charge < -0.3 is 0 Å². The summed E-state index contributed by atoms with van der Waals surface area (Å²) in [6, 6.07) is 0.428. The molecule has 100 valence electrons. The lowest BCUT2D eigenvalue weighted by atomic mass is 9.91. The van der Waals surface area contributed by atoms with E-state index in [0.717, 1.165) is 24.3 Å². The fraction of sp³-hybridized carbons (Fsp3) is 0.857. The topological polar surface area (TPSA) is 32.7 Å². The number of carbonyl (C=O) groups is 1. The van der Waals surface area contributed by atoms with E-state index in [1.165, 1.54) is 38.5 Å². The molecular weight excluding hydrogens is 244 g/mol. The summed E-state index contributed by atoms with van der Waals surface area (Å²) < 4.78 is 0. The number of hydrogen-bond donors (Lipinski definition) is 0. The summed E-state index contributed by atoms with van der Waals surface area (Å²) >= 11 is 1.95. The Morgan fingerprint density at radius 3 is 2.50 bits per heavy atom. The molecule has 3 nitrogen and oxygen atoms in total. The first-order valence-electron chi connectivity index (χ1n) is 7.28. The first kappa shape index (κ1) is 12.5. The zero-order valence-corrected chi connectivity index (χ0v) is 11.8. The molecule has 3 rings (SSSR count). The van der Waals surface area contributed by atoms with Crippen LogP contribution in [0.1, 0.15) is 51.4 Å². The lowest BCUT2D eigenvalue weighted by Crippen LogP contribution is -2.47. The number of amides is 1. The summed E-state index contributed by atoms with van der Waals surface area (Å²) in [5.41, 5.74) is -0.364. The van der Waals surface area contributed by atoms with E-state index >= 15 is 0 Å². The Labute approximate surface area is 113 Å². The summed E-state index contributed by atoms with van der Waals surface area (Å²) in [5.74, 6) is 2.47.